The summed E-state index contributed by atoms with van der Waals surface area (Å²) in [4.78, 5) is 29.0. The molecule has 7 nitrogen and oxygen atoms in total. The van der Waals surface area contributed by atoms with Gasteiger partial charge in [0, 0.05) is 32.7 Å². The fourth-order valence-corrected chi connectivity index (χ4v) is 2.53. The number of carbonyl (C=O) groups is 2. The van der Waals surface area contributed by atoms with Crippen LogP contribution in [0.1, 0.15) is 6.42 Å². The Morgan fingerprint density at radius 2 is 1.89 bits per heavy atom. The van der Waals surface area contributed by atoms with E-state index < -0.39 is 0 Å². The standard InChI is InChI=1S/C12H22N4O3/c17-9-8-14-3-1-4-15(7-6-14)10-11(18)16-5-2-13-12(16)19/h17H,1-10H2,(H,13,19). The average molecular weight is 270 g/mol. The lowest BCUT2D eigenvalue weighted by molar-refractivity contribution is -0.128. The molecule has 0 saturated carbocycles. The summed E-state index contributed by atoms with van der Waals surface area (Å²) in [7, 11) is 0. The molecule has 19 heavy (non-hydrogen) atoms. The van der Waals surface area contributed by atoms with E-state index in [1.807, 2.05) is 0 Å². The summed E-state index contributed by atoms with van der Waals surface area (Å²) in [5, 5.41) is 11.6. The van der Waals surface area contributed by atoms with Crippen LogP contribution in [0.4, 0.5) is 4.79 Å². The van der Waals surface area contributed by atoms with Gasteiger partial charge in [0.2, 0.25) is 5.91 Å². The van der Waals surface area contributed by atoms with Crippen LogP contribution < -0.4 is 5.32 Å². The van der Waals surface area contributed by atoms with Gasteiger partial charge in [0.25, 0.3) is 0 Å². The van der Waals surface area contributed by atoms with Gasteiger partial charge >= 0.3 is 6.03 Å². The van der Waals surface area contributed by atoms with E-state index in [1.165, 1.54) is 4.90 Å². The maximum absolute atomic E-state index is 12.0. The SMILES string of the molecule is O=C(CN1CCCN(CCO)CC1)N1CCNC1=O. The predicted molar refractivity (Wildman–Crippen MR) is 69.7 cm³/mol. The molecule has 2 heterocycles. The van der Waals surface area contributed by atoms with Crippen LogP contribution >= 0.6 is 0 Å². The Kier molecular flexibility index (Phi) is 5.12. The van der Waals surface area contributed by atoms with Gasteiger partial charge in [-0.3, -0.25) is 19.5 Å². The largest absolute Gasteiger partial charge is 0.395 e. The summed E-state index contributed by atoms with van der Waals surface area (Å²) in [5.41, 5.74) is 0. The van der Waals surface area contributed by atoms with Crippen molar-refractivity contribution >= 4 is 11.9 Å². The Bertz CT molecular complexity index is 337. The topological polar surface area (TPSA) is 76.1 Å². The van der Waals surface area contributed by atoms with Crippen LogP contribution in [0.5, 0.6) is 0 Å². The Morgan fingerprint density at radius 1 is 1.16 bits per heavy atom. The quantitative estimate of drug-likeness (QED) is 0.653. The first kappa shape index (κ1) is 14.2. The van der Waals surface area contributed by atoms with Crippen LogP contribution in [0.15, 0.2) is 0 Å². The van der Waals surface area contributed by atoms with Gasteiger partial charge in [-0.2, -0.15) is 0 Å². The first-order valence-corrected chi connectivity index (χ1v) is 6.84. The van der Waals surface area contributed by atoms with Gasteiger partial charge in [0.15, 0.2) is 0 Å². The van der Waals surface area contributed by atoms with Gasteiger partial charge in [-0.15, -0.1) is 0 Å². The van der Waals surface area contributed by atoms with E-state index in [2.05, 4.69) is 15.1 Å². The molecule has 7 heteroatoms. The van der Waals surface area contributed by atoms with Gasteiger partial charge in [-0.25, -0.2) is 4.79 Å². The molecule has 0 aromatic rings. The number of rotatable bonds is 4. The number of urea groups is 1. The van der Waals surface area contributed by atoms with E-state index in [0.717, 1.165) is 32.6 Å². The maximum Gasteiger partial charge on any atom is 0.324 e. The second-order valence-electron chi connectivity index (χ2n) is 4.97. The number of amides is 3. The molecule has 0 aromatic carbocycles. The van der Waals surface area contributed by atoms with Crippen molar-refractivity contribution in [1.29, 1.82) is 0 Å². The molecule has 3 amide bonds. The van der Waals surface area contributed by atoms with Crippen LogP contribution in [-0.2, 0) is 4.79 Å². The number of aliphatic hydroxyl groups excluding tert-OH is 1. The average Bonchev–Trinajstić information content (AvgIpc) is 2.69. The molecular formula is C12H22N4O3. The minimum atomic E-state index is -0.276. The first-order valence-electron chi connectivity index (χ1n) is 6.84. The number of carbonyl (C=O) groups excluding carboxylic acids is 2. The number of hydrogen-bond acceptors (Lipinski definition) is 5. The number of β-amino-alcohol motifs (C(OH)–C–C–N with tert-alkyl or cyclic N) is 1. The predicted octanol–water partition coefficient (Wildman–Crippen LogP) is -1.46. The van der Waals surface area contributed by atoms with Crippen molar-refractivity contribution in [3.8, 4) is 0 Å². The van der Waals surface area contributed by atoms with E-state index in [1.54, 1.807) is 0 Å². The summed E-state index contributed by atoms with van der Waals surface area (Å²) in [6.07, 6.45) is 0.986. The first-order chi connectivity index (χ1) is 9.20. The lowest BCUT2D eigenvalue weighted by atomic mass is 10.3. The Morgan fingerprint density at radius 3 is 2.58 bits per heavy atom. The molecule has 2 rings (SSSR count). The molecule has 0 aromatic heterocycles. The van der Waals surface area contributed by atoms with Crippen molar-refractivity contribution in [1.82, 2.24) is 20.0 Å². The molecule has 0 unspecified atom stereocenters. The molecule has 0 radical (unpaired) electrons. The van der Waals surface area contributed by atoms with Crippen molar-refractivity contribution in [2.24, 2.45) is 0 Å². The van der Waals surface area contributed by atoms with Crippen LogP contribution in [0.25, 0.3) is 0 Å². The highest BCUT2D eigenvalue weighted by Gasteiger charge is 2.27. The summed E-state index contributed by atoms with van der Waals surface area (Å²) in [6.45, 7) is 5.68. The molecular weight excluding hydrogens is 248 g/mol. The third-order valence-electron chi connectivity index (χ3n) is 3.61. The highest BCUT2D eigenvalue weighted by molar-refractivity contribution is 5.96. The molecule has 2 saturated heterocycles. The lowest BCUT2D eigenvalue weighted by Gasteiger charge is -2.22. The fraction of sp³-hybridized carbons (Fsp3) is 0.833. The highest BCUT2D eigenvalue weighted by atomic mass is 16.3. The molecule has 108 valence electrons. The molecule has 2 N–H and O–H groups in total. The Hall–Kier alpha value is -1.18. The second-order valence-corrected chi connectivity index (χ2v) is 4.97. The van der Waals surface area contributed by atoms with Gasteiger partial charge < -0.3 is 10.4 Å². The number of hydrogen-bond donors (Lipinski definition) is 2. The van der Waals surface area contributed by atoms with Crippen molar-refractivity contribution in [3.05, 3.63) is 0 Å². The molecule has 0 aliphatic carbocycles. The van der Waals surface area contributed by atoms with Crippen molar-refractivity contribution in [2.45, 2.75) is 6.42 Å². The number of imide groups is 1. The third kappa shape index (κ3) is 3.89. The number of nitrogens with zero attached hydrogens (tertiary/aromatic N) is 3. The monoisotopic (exact) mass is 270 g/mol. The Balaban J connectivity index is 1.79. The molecule has 0 atom stereocenters. The summed E-state index contributed by atoms with van der Waals surface area (Å²) in [6, 6.07) is -0.276. The fourth-order valence-electron chi connectivity index (χ4n) is 2.53. The van der Waals surface area contributed by atoms with Gasteiger partial charge in [0.05, 0.1) is 13.2 Å². The van der Waals surface area contributed by atoms with Crippen LogP contribution in [0.3, 0.4) is 0 Å². The summed E-state index contributed by atoms with van der Waals surface area (Å²) >= 11 is 0. The molecule has 2 fully saturated rings. The van der Waals surface area contributed by atoms with Crippen molar-refractivity contribution in [2.75, 3.05) is 59.0 Å². The molecule has 2 aliphatic rings. The van der Waals surface area contributed by atoms with Crippen molar-refractivity contribution < 1.29 is 14.7 Å². The van der Waals surface area contributed by atoms with E-state index in [9.17, 15) is 9.59 Å². The van der Waals surface area contributed by atoms with E-state index in [4.69, 9.17) is 5.11 Å². The summed E-state index contributed by atoms with van der Waals surface area (Å²) in [5.74, 6) is -0.120. The smallest absolute Gasteiger partial charge is 0.324 e. The highest BCUT2D eigenvalue weighted by Crippen LogP contribution is 2.05. The number of nitrogens with one attached hydrogen (secondary N) is 1. The minimum Gasteiger partial charge on any atom is -0.395 e. The number of aliphatic hydroxyl groups is 1. The Labute approximate surface area is 113 Å². The third-order valence-corrected chi connectivity index (χ3v) is 3.61. The van der Waals surface area contributed by atoms with E-state index in [0.29, 0.717) is 26.2 Å². The molecule has 2 aliphatic heterocycles. The molecule has 0 spiro atoms. The van der Waals surface area contributed by atoms with Crippen LogP contribution in [-0.4, -0.2) is 90.7 Å². The van der Waals surface area contributed by atoms with E-state index >= 15 is 0 Å². The van der Waals surface area contributed by atoms with Crippen LogP contribution in [0, 0.1) is 0 Å². The van der Waals surface area contributed by atoms with Gasteiger partial charge in [0.1, 0.15) is 0 Å². The van der Waals surface area contributed by atoms with Crippen LogP contribution in [0.2, 0.25) is 0 Å². The molecule has 0 bridgehead atoms. The zero-order valence-electron chi connectivity index (χ0n) is 11.2. The second kappa shape index (κ2) is 6.83. The minimum absolute atomic E-state index is 0.120. The van der Waals surface area contributed by atoms with Gasteiger partial charge in [-0.1, -0.05) is 0 Å². The lowest BCUT2D eigenvalue weighted by Crippen LogP contribution is -2.43. The maximum atomic E-state index is 12.0. The van der Waals surface area contributed by atoms with Gasteiger partial charge in [-0.05, 0) is 19.5 Å². The zero-order valence-corrected chi connectivity index (χ0v) is 11.2. The summed E-state index contributed by atoms with van der Waals surface area (Å²) < 4.78 is 0. The van der Waals surface area contributed by atoms with E-state index in [-0.39, 0.29) is 18.5 Å². The normalized spacial score (nSPS) is 22.4. The van der Waals surface area contributed by atoms with Crippen molar-refractivity contribution in [3.63, 3.8) is 0 Å². The zero-order chi connectivity index (χ0) is 13.7.